The summed E-state index contributed by atoms with van der Waals surface area (Å²) in [7, 11) is 2.93. The van der Waals surface area contributed by atoms with Crippen LogP contribution < -0.4 is 5.32 Å². The maximum atomic E-state index is 10.8. The van der Waals surface area contributed by atoms with Crippen molar-refractivity contribution >= 4 is 11.8 Å². The molecule has 0 saturated carbocycles. The predicted octanol–water partition coefficient (Wildman–Crippen LogP) is -0.274. The Bertz CT molecular complexity index is 156. The molecule has 0 amide bonds. The minimum absolute atomic E-state index is 0.0575. The van der Waals surface area contributed by atoms with Gasteiger partial charge < -0.3 is 10.1 Å². The van der Waals surface area contributed by atoms with Crippen LogP contribution in [0.3, 0.4) is 0 Å². The minimum atomic E-state index is -0.414. The first-order valence-corrected chi connectivity index (χ1v) is 3.36. The standard InChI is InChI=1S/C7H13NO3/c1-5(9)6(8-2)4-7(10)11-3/h6,8H,4H2,1-3H3. The second-order valence-electron chi connectivity index (χ2n) is 2.23. The zero-order valence-corrected chi connectivity index (χ0v) is 7.01. The van der Waals surface area contributed by atoms with Crippen molar-refractivity contribution in [2.75, 3.05) is 14.2 Å². The van der Waals surface area contributed by atoms with Crippen molar-refractivity contribution < 1.29 is 14.3 Å². The van der Waals surface area contributed by atoms with E-state index in [0.717, 1.165) is 0 Å². The van der Waals surface area contributed by atoms with Crippen LogP contribution in [0.25, 0.3) is 0 Å². The van der Waals surface area contributed by atoms with E-state index >= 15 is 0 Å². The number of ether oxygens (including phenoxy) is 1. The number of Topliss-reactive ketones (excluding diaryl/α,β-unsaturated/α-hetero) is 1. The van der Waals surface area contributed by atoms with Crippen molar-refractivity contribution in [2.45, 2.75) is 19.4 Å². The zero-order chi connectivity index (χ0) is 8.85. The molecule has 1 unspecified atom stereocenters. The summed E-state index contributed by atoms with van der Waals surface area (Å²) in [5.41, 5.74) is 0. The maximum Gasteiger partial charge on any atom is 0.307 e. The summed E-state index contributed by atoms with van der Waals surface area (Å²) >= 11 is 0. The lowest BCUT2D eigenvalue weighted by molar-refractivity contribution is -0.142. The monoisotopic (exact) mass is 159 g/mol. The van der Waals surface area contributed by atoms with Crippen LogP contribution in [-0.4, -0.2) is 32.0 Å². The summed E-state index contributed by atoms with van der Waals surface area (Å²) in [6, 6.07) is -0.414. The van der Waals surface area contributed by atoms with Gasteiger partial charge in [-0.2, -0.15) is 0 Å². The molecule has 0 aromatic heterocycles. The largest absolute Gasteiger partial charge is 0.469 e. The number of esters is 1. The normalized spacial score (nSPS) is 12.3. The predicted molar refractivity (Wildman–Crippen MR) is 40.2 cm³/mol. The maximum absolute atomic E-state index is 10.8. The van der Waals surface area contributed by atoms with Gasteiger partial charge in [0.05, 0.1) is 19.6 Å². The molecule has 0 bridgehead atoms. The molecular weight excluding hydrogens is 146 g/mol. The van der Waals surface area contributed by atoms with Gasteiger partial charge in [0, 0.05) is 0 Å². The number of carbonyl (C=O) groups excluding carboxylic acids is 2. The van der Waals surface area contributed by atoms with Gasteiger partial charge in [0.15, 0.2) is 0 Å². The molecular formula is C7H13NO3. The van der Waals surface area contributed by atoms with E-state index in [9.17, 15) is 9.59 Å². The third-order valence-corrected chi connectivity index (χ3v) is 1.44. The lowest BCUT2D eigenvalue weighted by Gasteiger charge is -2.09. The molecule has 0 radical (unpaired) electrons. The Morgan fingerprint density at radius 2 is 2.09 bits per heavy atom. The molecule has 0 aromatic carbocycles. The van der Waals surface area contributed by atoms with Crippen molar-refractivity contribution in [3.63, 3.8) is 0 Å². The number of rotatable bonds is 4. The Kier molecular flexibility index (Phi) is 4.45. The van der Waals surface area contributed by atoms with Crippen LogP contribution in [0.5, 0.6) is 0 Å². The van der Waals surface area contributed by atoms with E-state index in [-0.39, 0.29) is 18.2 Å². The Balaban J connectivity index is 3.88. The van der Waals surface area contributed by atoms with E-state index in [1.54, 1.807) is 7.05 Å². The Morgan fingerprint density at radius 3 is 2.36 bits per heavy atom. The van der Waals surface area contributed by atoms with Gasteiger partial charge in [0.25, 0.3) is 0 Å². The summed E-state index contributed by atoms with van der Waals surface area (Å²) in [4.78, 5) is 21.4. The van der Waals surface area contributed by atoms with Crippen LogP contribution in [0, 0.1) is 0 Å². The number of likely N-dealkylation sites (N-methyl/N-ethyl adjacent to an activating group) is 1. The van der Waals surface area contributed by atoms with E-state index < -0.39 is 6.04 Å². The van der Waals surface area contributed by atoms with E-state index in [2.05, 4.69) is 10.1 Å². The molecule has 0 rings (SSSR count). The quantitative estimate of drug-likeness (QED) is 0.573. The van der Waals surface area contributed by atoms with Crippen LogP contribution in [0.4, 0.5) is 0 Å². The number of hydrogen-bond donors (Lipinski definition) is 1. The van der Waals surface area contributed by atoms with Gasteiger partial charge in [-0.25, -0.2) is 0 Å². The molecule has 4 nitrogen and oxygen atoms in total. The highest BCUT2D eigenvalue weighted by Crippen LogP contribution is 1.94. The highest BCUT2D eigenvalue weighted by atomic mass is 16.5. The third-order valence-electron chi connectivity index (χ3n) is 1.44. The van der Waals surface area contributed by atoms with Gasteiger partial charge in [-0.05, 0) is 14.0 Å². The first-order valence-electron chi connectivity index (χ1n) is 3.36. The fraction of sp³-hybridized carbons (Fsp3) is 0.714. The van der Waals surface area contributed by atoms with Crippen molar-refractivity contribution in [1.82, 2.24) is 5.32 Å². The molecule has 0 aliphatic heterocycles. The highest BCUT2D eigenvalue weighted by Gasteiger charge is 2.15. The molecule has 0 saturated heterocycles. The van der Waals surface area contributed by atoms with Crippen molar-refractivity contribution in [2.24, 2.45) is 0 Å². The molecule has 0 heterocycles. The van der Waals surface area contributed by atoms with Crippen molar-refractivity contribution in [1.29, 1.82) is 0 Å². The summed E-state index contributed by atoms with van der Waals surface area (Å²) < 4.78 is 4.40. The van der Waals surface area contributed by atoms with Gasteiger partial charge in [0.2, 0.25) is 0 Å². The van der Waals surface area contributed by atoms with Crippen molar-refractivity contribution in [3.05, 3.63) is 0 Å². The minimum Gasteiger partial charge on any atom is -0.469 e. The molecule has 0 fully saturated rings. The average molecular weight is 159 g/mol. The zero-order valence-electron chi connectivity index (χ0n) is 7.01. The third kappa shape index (κ3) is 3.72. The fourth-order valence-electron chi connectivity index (χ4n) is 0.699. The molecule has 11 heavy (non-hydrogen) atoms. The average Bonchev–Trinajstić information content (AvgIpc) is 1.99. The molecule has 0 spiro atoms. The van der Waals surface area contributed by atoms with Crippen LogP contribution in [-0.2, 0) is 14.3 Å². The Morgan fingerprint density at radius 1 is 1.55 bits per heavy atom. The highest BCUT2D eigenvalue weighted by molar-refractivity contribution is 5.86. The van der Waals surface area contributed by atoms with E-state index in [4.69, 9.17) is 0 Å². The first-order chi connectivity index (χ1) is 5.11. The van der Waals surface area contributed by atoms with Crippen LogP contribution in [0.2, 0.25) is 0 Å². The van der Waals surface area contributed by atoms with Crippen molar-refractivity contribution in [3.8, 4) is 0 Å². The van der Waals surface area contributed by atoms with E-state index in [1.807, 2.05) is 0 Å². The number of nitrogens with one attached hydrogen (secondary N) is 1. The number of methoxy groups -OCH3 is 1. The van der Waals surface area contributed by atoms with Crippen LogP contribution >= 0.6 is 0 Å². The van der Waals surface area contributed by atoms with Gasteiger partial charge >= 0.3 is 5.97 Å². The Labute approximate surface area is 65.9 Å². The topological polar surface area (TPSA) is 55.4 Å². The number of hydrogen-bond acceptors (Lipinski definition) is 4. The van der Waals surface area contributed by atoms with Gasteiger partial charge in [-0.1, -0.05) is 0 Å². The molecule has 4 heteroatoms. The molecule has 0 aliphatic rings. The molecule has 1 atom stereocenters. The fourth-order valence-corrected chi connectivity index (χ4v) is 0.699. The molecule has 0 aliphatic carbocycles. The summed E-state index contributed by atoms with van der Waals surface area (Å²) in [6.45, 7) is 1.43. The van der Waals surface area contributed by atoms with Gasteiger partial charge in [-0.3, -0.25) is 9.59 Å². The van der Waals surface area contributed by atoms with Crippen LogP contribution in [0.1, 0.15) is 13.3 Å². The molecule has 1 N–H and O–H groups in total. The van der Waals surface area contributed by atoms with Gasteiger partial charge in [-0.15, -0.1) is 0 Å². The summed E-state index contributed by atoms with van der Waals surface area (Å²) in [5.74, 6) is -0.433. The molecule has 64 valence electrons. The smallest absolute Gasteiger partial charge is 0.307 e. The lowest BCUT2D eigenvalue weighted by Crippen LogP contribution is -2.34. The second kappa shape index (κ2) is 4.85. The van der Waals surface area contributed by atoms with E-state index in [0.29, 0.717) is 0 Å². The van der Waals surface area contributed by atoms with Gasteiger partial charge in [0.1, 0.15) is 5.78 Å². The van der Waals surface area contributed by atoms with E-state index in [1.165, 1.54) is 14.0 Å². The van der Waals surface area contributed by atoms with Crippen LogP contribution in [0.15, 0.2) is 0 Å². The summed E-state index contributed by atoms with van der Waals surface area (Å²) in [6.07, 6.45) is 0.0995. The lowest BCUT2D eigenvalue weighted by atomic mass is 10.1. The number of carbonyl (C=O) groups is 2. The first kappa shape index (κ1) is 10.1. The summed E-state index contributed by atoms with van der Waals surface area (Å²) in [5, 5.41) is 2.72. The second-order valence-corrected chi connectivity index (χ2v) is 2.23. The number of ketones is 1. The molecule has 0 aromatic rings. The Hall–Kier alpha value is -0.900. The SMILES string of the molecule is CNC(CC(=O)OC)C(C)=O.